The molecule has 12 heavy (non-hydrogen) atoms. The second-order valence-corrected chi connectivity index (χ2v) is 3.25. The minimum atomic E-state index is -1.19. The second-order valence-electron chi connectivity index (χ2n) is 2.09. The number of benzene rings is 1. The lowest BCUT2D eigenvalue weighted by Crippen LogP contribution is -2.14. The van der Waals surface area contributed by atoms with E-state index in [9.17, 15) is 13.6 Å². The number of carbonyl (C=O) groups excluding carboxylic acids is 1. The van der Waals surface area contributed by atoms with Crippen LogP contribution in [0.1, 0.15) is 10.4 Å². The molecule has 64 valence electrons. The Labute approximate surface area is 80.9 Å². The largest absolute Gasteiger partial charge is 0.366 e. The molecule has 1 rings (SSSR count). The molecule has 2 nitrogen and oxygen atoms in total. The van der Waals surface area contributed by atoms with Crippen LogP contribution in [0, 0.1) is 15.2 Å². The van der Waals surface area contributed by atoms with Gasteiger partial charge in [-0.25, -0.2) is 8.78 Å². The van der Waals surface area contributed by atoms with Crippen LogP contribution in [-0.4, -0.2) is 5.91 Å². The van der Waals surface area contributed by atoms with Gasteiger partial charge in [0.2, 0.25) is 0 Å². The molecule has 0 aliphatic heterocycles. The molecular weight excluding hydrogens is 279 g/mol. The van der Waals surface area contributed by atoms with E-state index in [1.165, 1.54) is 6.07 Å². The van der Waals surface area contributed by atoms with E-state index < -0.39 is 23.1 Å². The first-order valence-electron chi connectivity index (χ1n) is 2.97. The van der Waals surface area contributed by atoms with Crippen LogP contribution in [0.3, 0.4) is 0 Å². The fourth-order valence-electron chi connectivity index (χ4n) is 0.716. The van der Waals surface area contributed by atoms with Gasteiger partial charge in [0.15, 0.2) is 11.6 Å². The summed E-state index contributed by atoms with van der Waals surface area (Å²) in [5, 5.41) is 0. The van der Waals surface area contributed by atoms with Crippen molar-refractivity contribution in [3.05, 3.63) is 32.9 Å². The Morgan fingerprint density at radius 3 is 2.42 bits per heavy atom. The van der Waals surface area contributed by atoms with E-state index in [1.54, 1.807) is 22.6 Å². The summed E-state index contributed by atoms with van der Waals surface area (Å²) in [6.07, 6.45) is 0. The normalized spacial score (nSPS) is 9.92. The van der Waals surface area contributed by atoms with E-state index in [4.69, 9.17) is 5.73 Å². The first kappa shape index (κ1) is 9.37. The predicted molar refractivity (Wildman–Crippen MR) is 47.6 cm³/mol. The lowest BCUT2D eigenvalue weighted by atomic mass is 10.2. The van der Waals surface area contributed by atoms with Crippen LogP contribution >= 0.6 is 22.6 Å². The minimum absolute atomic E-state index is 0.120. The van der Waals surface area contributed by atoms with Gasteiger partial charge in [0.25, 0.3) is 5.91 Å². The predicted octanol–water partition coefficient (Wildman–Crippen LogP) is 1.67. The molecule has 0 atom stereocenters. The van der Waals surface area contributed by atoms with Crippen LogP contribution in [0.2, 0.25) is 0 Å². The highest BCUT2D eigenvalue weighted by Gasteiger charge is 2.14. The summed E-state index contributed by atoms with van der Waals surface area (Å²) in [6, 6.07) is 2.45. The molecule has 0 bridgehead atoms. The molecule has 0 aliphatic carbocycles. The molecule has 0 aliphatic rings. The lowest BCUT2D eigenvalue weighted by molar-refractivity contribution is 0.0995. The quantitative estimate of drug-likeness (QED) is 0.618. The zero-order chi connectivity index (χ0) is 9.30. The summed E-state index contributed by atoms with van der Waals surface area (Å²) in [5.74, 6) is -3.19. The van der Waals surface area contributed by atoms with Gasteiger partial charge in [-0.3, -0.25) is 4.79 Å². The highest BCUT2D eigenvalue weighted by molar-refractivity contribution is 14.1. The highest BCUT2D eigenvalue weighted by Crippen LogP contribution is 2.17. The van der Waals surface area contributed by atoms with Crippen molar-refractivity contribution in [2.24, 2.45) is 5.73 Å². The van der Waals surface area contributed by atoms with Crippen molar-refractivity contribution in [2.45, 2.75) is 0 Å². The number of nitrogens with two attached hydrogens (primary N) is 1. The maximum absolute atomic E-state index is 12.8. The van der Waals surface area contributed by atoms with Crippen molar-refractivity contribution in [1.29, 1.82) is 0 Å². The average molecular weight is 283 g/mol. The first-order chi connectivity index (χ1) is 5.54. The Hall–Kier alpha value is -0.720. The Kier molecular flexibility index (Phi) is 2.61. The van der Waals surface area contributed by atoms with E-state index >= 15 is 0 Å². The standard InChI is InChI=1S/C7H4F2INO/c8-5-3(7(11)12)1-2-4(10)6(5)9/h1-2H,(H2,11,12). The van der Waals surface area contributed by atoms with Crippen molar-refractivity contribution >= 4 is 28.5 Å². The number of carbonyl (C=O) groups is 1. The van der Waals surface area contributed by atoms with Gasteiger partial charge in [-0.15, -0.1) is 0 Å². The van der Waals surface area contributed by atoms with Crippen LogP contribution in [0.5, 0.6) is 0 Å². The molecule has 0 aromatic heterocycles. The number of hydrogen-bond acceptors (Lipinski definition) is 1. The molecule has 0 saturated heterocycles. The van der Waals surface area contributed by atoms with Crippen LogP contribution < -0.4 is 5.73 Å². The van der Waals surface area contributed by atoms with Gasteiger partial charge in [-0.1, -0.05) is 0 Å². The molecule has 0 heterocycles. The fourth-order valence-corrected chi connectivity index (χ4v) is 1.13. The molecule has 0 spiro atoms. The Morgan fingerprint density at radius 2 is 1.92 bits per heavy atom. The van der Waals surface area contributed by atoms with Gasteiger partial charge in [-0.2, -0.15) is 0 Å². The van der Waals surface area contributed by atoms with Crippen molar-refractivity contribution in [3.63, 3.8) is 0 Å². The van der Waals surface area contributed by atoms with Crippen molar-refractivity contribution in [2.75, 3.05) is 0 Å². The molecule has 1 aromatic carbocycles. The Bertz CT molecular complexity index is 340. The molecule has 0 radical (unpaired) electrons. The summed E-state index contributed by atoms with van der Waals surface area (Å²) in [5.41, 5.74) is 4.36. The third-order valence-electron chi connectivity index (χ3n) is 1.30. The van der Waals surface area contributed by atoms with Crippen LogP contribution in [0.25, 0.3) is 0 Å². The zero-order valence-corrected chi connectivity index (χ0v) is 7.93. The van der Waals surface area contributed by atoms with Gasteiger partial charge < -0.3 is 5.73 Å². The van der Waals surface area contributed by atoms with E-state index in [1.807, 2.05) is 0 Å². The Morgan fingerprint density at radius 1 is 1.33 bits per heavy atom. The third kappa shape index (κ3) is 1.55. The smallest absolute Gasteiger partial charge is 0.251 e. The van der Waals surface area contributed by atoms with Gasteiger partial charge in [0.05, 0.1) is 9.13 Å². The number of halogens is 3. The number of primary amides is 1. The summed E-state index contributed by atoms with van der Waals surface area (Å²) in [6.45, 7) is 0. The molecule has 0 unspecified atom stereocenters. The molecule has 1 amide bonds. The van der Waals surface area contributed by atoms with Crippen LogP contribution in [-0.2, 0) is 0 Å². The highest BCUT2D eigenvalue weighted by atomic mass is 127. The second kappa shape index (κ2) is 3.34. The maximum Gasteiger partial charge on any atom is 0.251 e. The summed E-state index contributed by atoms with van der Waals surface area (Å²) >= 11 is 1.62. The van der Waals surface area contributed by atoms with Crippen molar-refractivity contribution in [1.82, 2.24) is 0 Å². The van der Waals surface area contributed by atoms with Gasteiger partial charge in [0.1, 0.15) is 0 Å². The summed E-state index contributed by atoms with van der Waals surface area (Å²) in [4.78, 5) is 10.5. The molecule has 0 saturated carbocycles. The monoisotopic (exact) mass is 283 g/mol. The van der Waals surface area contributed by atoms with Gasteiger partial charge in [-0.05, 0) is 34.7 Å². The molecule has 0 fully saturated rings. The minimum Gasteiger partial charge on any atom is -0.366 e. The number of amides is 1. The molecule has 5 heteroatoms. The average Bonchev–Trinajstić information content (AvgIpc) is 2.00. The number of hydrogen-bond donors (Lipinski definition) is 1. The molecule has 2 N–H and O–H groups in total. The van der Waals surface area contributed by atoms with Crippen molar-refractivity contribution < 1.29 is 13.6 Å². The fraction of sp³-hybridized carbons (Fsp3) is 0. The van der Waals surface area contributed by atoms with Gasteiger partial charge in [0, 0.05) is 0 Å². The van der Waals surface area contributed by atoms with E-state index in [0.29, 0.717) is 0 Å². The third-order valence-corrected chi connectivity index (χ3v) is 2.13. The topological polar surface area (TPSA) is 43.1 Å². The van der Waals surface area contributed by atoms with Crippen molar-refractivity contribution in [3.8, 4) is 0 Å². The first-order valence-corrected chi connectivity index (χ1v) is 4.05. The summed E-state index contributed by atoms with van der Waals surface area (Å²) in [7, 11) is 0. The molecular formula is C7H4F2INO. The summed E-state index contributed by atoms with van der Waals surface area (Å²) < 4.78 is 25.7. The van der Waals surface area contributed by atoms with Crippen LogP contribution in [0.4, 0.5) is 8.78 Å². The maximum atomic E-state index is 12.8. The molecule has 1 aromatic rings. The lowest BCUT2D eigenvalue weighted by Gasteiger charge is -2.00. The zero-order valence-electron chi connectivity index (χ0n) is 5.77. The SMILES string of the molecule is NC(=O)c1ccc(I)c(F)c1F. The van der Waals surface area contributed by atoms with E-state index in [-0.39, 0.29) is 3.57 Å². The number of rotatable bonds is 1. The van der Waals surface area contributed by atoms with E-state index in [2.05, 4.69) is 0 Å². The van der Waals surface area contributed by atoms with Gasteiger partial charge >= 0.3 is 0 Å². The van der Waals surface area contributed by atoms with Crippen LogP contribution in [0.15, 0.2) is 12.1 Å². The Balaban J connectivity index is 3.36. The van der Waals surface area contributed by atoms with E-state index in [0.717, 1.165) is 6.07 Å².